The van der Waals surface area contributed by atoms with Gasteiger partial charge in [0, 0.05) is 37.8 Å². The lowest BCUT2D eigenvalue weighted by atomic mass is 10.2. The van der Waals surface area contributed by atoms with Crippen molar-refractivity contribution in [3.8, 4) is 0 Å². The quantitative estimate of drug-likeness (QED) is 0.761. The van der Waals surface area contributed by atoms with E-state index in [1.807, 2.05) is 34.9 Å². The fourth-order valence-corrected chi connectivity index (χ4v) is 2.64. The number of aromatic nitrogens is 1. The molecule has 0 radical (unpaired) electrons. The van der Waals surface area contributed by atoms with Gasteiger partial charge in [-0.05, 0) is 17.7 Å². The number of carbonyl (C=O) groups excluding carboxylic acids is 2. The fraction of sp³-hybridized carbons (Fsp3) is 0.222. The molecule has 0 spiro atoms. The molecule has 0 bridgehead atoms. The molecule has 0 fully saturated rings. The van der Waals surface area contributed by atoms with Crippen LogP contribution in [0.5, 0.6) is 0 Å². The van der Waals surface area contributed by atoms with Crippen LogP contribution in [0.25, 0.3) is 11.1 Å². The minimum atomic E-state index is -0.324. The lowest BCUT2D eigenvalue weighted by molar-refractivity contribution is -0.127. The summed E-state index contributed by atoms with van der Waals surface area (Å²) in [5.74, 6) is -0.497. The second-order valence-electron chi connectivity index (χ2n) is 5.88. The number of hydrogen-bond donors (Lipinski definition) is 1. The van der Waals surface area contributed by atoms with E-state index in [0.29, 0.717) is 22.8 Å². The molecule has 1 aromatic carbocycles. The number of rotatable bonds is 5. The zero-order valence-corrected chi connectivity index (χ0v) is 14.7. The molecule has 0 unspecified atom stereocenters. The van der Waals surface area contributed by atoms with Crippen LogP contribution < -0.4 is 5.32 Å². The molecule has 25 heavy (non-hydrogen) atoms. The van der Waals surface area contributed by atoms with Gasteiger partial charge >= 0.3 is 0 Å². The van der Waals surface area contributed by atoms with Gasteiger partial charge in [-0.2, -0.15) is 0 Å². The molecule has 3 rings (SSSR count). The number of nitrogens with zero attached hydrogens (tertiary/aromatic N) is 2. The number of likely N-dealkylation sites (N-methyl/N-ethyl adjacent to an activating group) is 1. The van der Waals surface area contributed by atoms with Crippen LogP contribution in [0.4, 0.5) is 0 Å². The lowest BCUT2D eigenvalue weighted by Crippen LogP contribution is -2.37. The van der Waals surface area contributed by atoms with Gasteiger partial charge in [-0.15, -0.1) is 0 Å². The van der Waals surface area contributed by atoms with Crippen LogP contribution in [0.3, 0.4) is 0 Å². The average Bonchev–Trinajstić information content (AvgIpc) is 3.16. The van der Waals surface area contributed by atoms with Crippen LogP contribution in [0.2, 0.25) is 5.02 Å². The first-order chi connectivity index (χ1) is 12.0. The molecule has 0 aliphatic carbocycles. The standard InChI is InChI=1S/C18H18ClN3O3/c1-21(2)17(23)10-20-18(24)15-9-16-14(7-8-25-16)22(15)11-12-3-5-13(19)6-4-12/h3-9H,10-11H2,1-2H3,(H,20,24). The van der Waals surface area contributed by atoms with E-state index in [0.717, 1.165) is 11.1 Å². The van der Waals surface area contributed by atoms with Crippen molar-refractivity contribution in [2.24, 2.45) is 0 Å². The highest BCUT2D eigenvalue weighted by atomic mass is 35.5. The maximum atomic E-state index is 12.5. The summed E-state index contributed by atoms with van der Waals surface area (Å²) in [7, 11) is 3.29. The summed E-state index contributed by atoms with van der Waals surface area (Å²) in [5, 5.41) is 3.31. The summed E-state index contributed by atoms with van der Waals surface area (Å²) >= 11 is 5.93. The number of amides is 2. The van der Waals surface area contributed by atoms with E-state index in [-0.39, 0.29) is 18.4 Å². The van der Waals surface area contributed by atoms with Crippen molar-refractivity contribution in [2.75, 3.05) is 20.6 Å². The van der Waals surface area contributed by atoms with Crippen LogP contribution in [0.1, 0.15) is 16.1 Å². The predicted molar refractivity (Wildman–Crippen MR) is 95.8 cm³/mol. The minimum Gasteiger partial charge on any atom is -0.463 e. The van der Waals surface area contributed by atoms with E-state index in [4.69, 9.17) is 16.0 Å². The molecular weight excluding hydrogens is 342 g/mol. The Labute approximate surface area is 150 Å². The Kier molecular flexibility index (Phi) is 4.81. The Balaban J connectivity index is 1.87. The highest BCUT2D eigenvalue weighted by molar-refractivity contribution is 6.30. The van der Waals surface area contributed by atoms with Gasteiger partial charge in [0.2, 0.25) is 5.91 Å². The van der Waals surface area contributed by atoms with Gasteiger partial charge < -0.3 is 19.2 Å². The summed E-state index contributed by atoms with van der Waals surface area (Å²) < 4.78 is 7.27. The molecule has 2 aromatic heterocycles. The molecule has 2 amide bonds. The first kappa shape index (κ1) is 17.1. The Bertz CT molecular complexity index is 909. The normalized spacial score (nSPS) is 10.8. The van der Waals surface area contributed by atoms with Crippen molar-refractivity contribution in [2.45, 2.75) is 6.54 Å². The Morgan fingerprint density at radius 1 is 1.20 bits per heavy atom. The van der Waals surface area contributed by atoms with Crippen molar-refractivity contribution in [3.63, 3.8) is 0 Å². The van der Waals surface area contributed by atoms with Crippen molar-refractivity contribution in [1.82, 2.24) is 14.8 Å². The predicted octanol–water partition coefficient (Wildman–Crippen LogP) is 2.75. The maximum absolute atomic E-state index is 12.5. The van der Waals surface area contributed by atoms with E-state index >= 15 is 0 Å². The third kappa shape index (κ3) is 3.69. The van der Waals surface area contributed by atoms with E-state index in [1.54, 1.807) is 26.4 Å². The van der Waals surface area contributed by atoms with E-state index in [9.17, 15) is 9.59 Å². The molecule has 0 saturated carbocycles. The third-order valence-electron chi connectivity index (χ3n) is 3.91. The number of hydrogen-bond acceptors (Lipinski definition) is 3. The number of halogens is 1. The van der Waals surface area contributed by atoms with Crippen LogP contribution in [0, 0.1) is 0 Å². The zero-order chi connectivity index (χ0) is 18.0. The first-order valence-corrected chi connectivity index (χ1v) is 8.13. The SMILES string of the molecule is CN(C)C(=O)CNC(=O)c1cc2occc2n1Cc1ccc(Cl)cc1. The van der Waals surface area contributed by atoms with Gasteiger partial charge in [-0.3, -0.25) is 9.59 Å². The van der Waals surface area contributed by atoms with E-state index < -0.39 is 0 Å². The van der Waals surface area contributed by atoms with Crippen LogP contribution in [0.15, 0.2) is 47.1 Å². The summed E-state index contributed by atoms with van der Waals surface area (Å²) in [5.41, 5.74) is 2.88. The number of fused-ring (bicyclic) bond motifs is 1. The highest BCUT2D eigenvalue weighted by Crippen LogP contribution is 2.23. The Morgan fingerprint density at radius 2 is 1.92 bits per heavy atom. The summed E-state index contributed by atoms with van der Waals surface area (Å²) in [6.45, 7) is 0.434. The maximum Gasteiger partial charge on any atom is 0.268 e. The molecule has 1 N–H and O–H groups in total. The van der Waals surface area contributed by atoms with Crippen LogP contribution in [-0.4, -0.2) is 41.9 Å². The molecule has 0 aliphatic rings. The molecule has 0 atom stereocenters. The first-order valence-electron chi connectivity index (χ1n) is 7.75. The molecule has 3 aromatic rings. The second-order valence-corrected chi connectivity index (χ2v) is 6.32. The molecule has 7 heteroatoms. The van der Waals surface area contributed by atoms with Crippen LogP contribution in [-0.2, 0) is 11.3 Å². The van der Waals surface area contributed by atoms with Gasteiger partial charge in [-0.1, -0.05) is 23.7 Å². The van der Waals surface area contributed by atoms with Gasteiger partial charge in [0.05, 0.1) is 18.3 Å². The van der Waals surface area contributed by atoms with Gasteiger partial charge in [0.1, 0.15) is 5.69 Å². The third-order valence-corrected chi connectivity index (χ3v) is 4.16. The average molecular weight is 360 g/mol. The largest absolute Gasteiger partial charge is 0.463 e. The van der Waals surface area contributed by atoms with Crippen molar-refractivity contribution in [3.05, 3.63) is 58.9 Å². The van der Waals surface area contributed by atoms with E-state index in [1.165, 1.54) is 4.90 Å². The molecule has 0 aliphatic heterocycles. The fourth-order valence-electron chi connectivity index (χ4n) is 2.51. The summed E-state index contributed by atoms with van der Waals surface area (Å²) in [4.78, 5) is 25.7. The van der Waals surface area contributed by atoms with Gasteiger partial charge in [-0.25, -0.2) is 0 Å². The number of nitrogens with one attached hydrogen (secondary N) is 1. The molecule has 130 valence electrons. The zero-order valence-electron chi connectivity index (χ0n) is 14.0. The second kappa shape index (κ2) is 7.03. The number of furan rings is 1. The Morgan fingerprint density at radius 3 is 2.60 bits per heavy atom. The lowest BCUT2D eigenvalue weighted by Gasteiger charge is -2.13. The monoisotopic (exact) mass is 359 g/mol. The van der Waals surface area contributed by atoms with Gasteiger partial charge in [0.15, 0.2) is 5.58 Å². The molecule has 0 saturated heterocycles. The van der Waals surface area contributed by atoms with Crippen LogP contribution >= 0.6 is 11.6 Å². The highest BCUT2D eigenvalue weighted by Gasteiger charge is 2.18. The molecular formula is C18H18ClN3O3. The van der Waals surface area contributed by atoms with Gasteiger partial charge in [0.25, 0.3) is 5.91 Å². The van der Waals surface area contributed by atoms with Crippen molar-refractivity contribution < 1.29 is 14.0 Å². The molecule has 6 nitrogen and oxygen atoms in total. The van der Waals surface area contributed by atoms with Crippen molar-refractivity contribution >= 4 is 34.5 Å². The smallest absolute Gasteiger partial charge is 0.268 e. The Hall–Kier alpha value is -2.73. The minimum absolute atomic E-state index is 0.0562. The molecule has 2 heterocycles. The topological polar surface area (TPSA) is 67.5 Å². The van der Waals surface area contributed by atoms with E-state index in [2.05, 4.69) is 5.32 Å². The number of benzene rings is 1. The number of carbonyl (C=O) groups is 2. The summed E-state index contributed by atoms with van der Waals surface area (Å²) in [6, 6.07) is 10.9. The van der Waals surface area contributed by atoms with Crippen molar-refractivity contribution in [1.29, 1.82) is 0 Å². The summed E-state index contributed by atoms with van der Waals surface area (Å²) in [6.07, 6.45) is 1.58.